The van der Waals surface area contributed by atoms with Crippen molar-refractivity contribution in [1.82, 2.24) is 9.88 Å². The third-order valence-electron chi connectivity index (χ3n) is 2.30. The van der Waals surface area contributed by atoms with Crippen LogP contribution in [0.1, 0.15) is 24.3 Å². The zero-order valence-corrected chi connectivity index (χ0v) is 11.4. The number of nitrogens with zero attached hydrogens (tertiary/aromatic N) is 1. The highest BCUT2D eigenvalue weighted by Gasteiger charge is 2.19. The van der Waals surface area contributed by atoms with Crippen molar-refractivity contribution in [2.24, 2.45) is 0 Å². The lowest BCUT2D eigenvalue weighted by molar-refractivity contribution is 0.0630. The number of hydrogen-bond acceptors (Lipinski definition) is 2. The average Bonchev–Trinajstić information content (AvgIpc) is 2.64. The van der Waals surface area contributed by atoms with E-state index in [-0.39, 0.29) is 11.9 Å². The Labute approximate surface area is 104 Å². The number of amides is 1. The van der Waals surface area contributed by atoms with E-state index in [1.54, 1.807) is 24.3 Å². The van der Waals surface area contributed by atoms with E-state index >= 15 is 0 Å². The molecule has 16 heavy (non-hydrogen) atoms. The number of hydrogen-bond donors (Lipinski definition) is 1. The SMILES string of the molecule is COCCN(C(=O)c1cc(Br)c[nH]1)C(C)C. The molecule has 0 atom stereocenters. The number of halogens is 1. The second-order valence-corrected chi connectivity index (χ2v) is 4.73. The standard InChI is InChI=1S/C11H17BrN2O2/c1-8(2)14(4-5-16-3)11(15)10-6-9(12)7-13-10/h6-8,13H,4-5H2,1-3H3. The maximum absolute atomic E-state index is 12.1. The fourth-order valence-electron chi connectivity index (χ4n) is 1.43. The van der Waals surface area contributed by atoms with Crippen molar-refractivity contribution < 1.29 is 9.53 Å². The smallest absolute Gasteiger partial charge is 0.270 e. The minimum absolute atomic E-state index is 0.00208. The summed E-state index contributed by atoms with van der Waals surface area (Å²) < 4.78 is 5.88. The van der Waals surface area contributed by atoms with Crippen molar-refractivity contribution in [3.05, 3.63) is 22.4 Å². The maximum atomic E-state index is 12.1. The molecule has 4 nitrogen and oxygen atoms in total. The van der Waals surface area contributed by atoms with E-state index in [0.717, 1.165) is 4.47 Å². The van der Waals surface area contributed by atoms with Gasteiger partial charge in [0.1, 0.15) is 5.69 Å². The van der Waals surface area contributed by atoms with Crippen molar-refractivity contribution in [2.75, 3.05) is 20.3 Å². The first-order chi connectivity index (χ1) is 7.56. The number of aromatic nitrogens is 1. The molecule has 1 rings (SSSR count). The first kappa shape index (κ1) is 13.3. The molecule has 0 aliphatic rings. The molecule has 0 fully saturated rings. The lowest BCUT2D eigenvalue weighted by Crippen LogP contribution is -2.39. The number of aromatic amines is 1. The second-order valence-electron chi connectivity index (χ2n) is 3.82. The summed E-state index contributed by atoms with van der Waals surface area (Å²) >= 11 is 3.31. The van der Waals surface area contributed by atoms with Gasteiger partial charge >= 0.3 is 0 Å². The van der Waals surface area contributed by atoms with Crippen LogP contribution in [-0.2, 0) is 4.74 Å². The predicted molar refractivity (Wildman–Crippen MR) is 66.5 cm³/mol. The van der Waals surface area contributed by atoms with Crippen molar-refractivity contribution in [3.63, 3.8) is 0 Å². The summed E-state index contributed by atoms with van der Waals surface area (Å²) in [6.07, 6.45) is 1.75. The third kappa shape index (κ3) is 3.35. The van der Waals surface area contributed by atoms with Crippen LogP contribution in [0.3, 0.4) is 0 Å². The van der Waals surface area contributed by atoms with Crippen molar-refractivity contribution >= 4 is 21.8 Å². The number of methoxy groups -OCH3 is 1. The monoisotopic (exact) mass is 288 g/mol. The van der Waals surface area contributed by atoms with Gasteiger partial charge in [-0.05, 0) is 35.8 Å². The van der Waals surface area contributed by atoms with E-state index in [1.165, 1.54) is 0 Å². The van der Waals surface area contributed by atoms with Crippen molar-refractivity contribution in [1.29, 1.82) is 0 Å². The van der Waals surface area contributed by atoms with Crippen LogP contribution in [0.15, 0.2) is 16.7 Å². The minimum atomic E-state index is -0.00208. The lowest BCUT2D eigenvalue weighted by atomic mass is 10.2. The molecule has 1 aromatic heterocycles. The Kier molecular flexibility index (Phi) is 5.02. The van der Waals surface area contributed by atoms with Gasteiger partial charge in [0.15, 0.2) is 0 Å². The molecule has 0 aromatic carbocycles. The molecule has 0 radical (unpaired) electrons. The van der Waals surface area contributed by atoms with E-state index in [9.17, 15) is 4.79 Å². The molecule has 0 bridgehead atoms. The number of carbonyl (C=O) groups excluding carboxylic acids is 1. The van der Waals surface area contributed by atoms with Gasteiger partial charge in [0.05, 0.1) is 6.61 Å². The van der Waals surface area contributed by atoms with Crippen LogP contribution < -0.4 is 0 Å². The number of nitrogens with one attached hydrogen (secondary N) is 1. The summed E-state index contributed by atoms with van der Waals surface area (Å²) in [4.78, 5) is 16.8. The van der Waals surface area contributed by atoms with E-state index in [4.69, 9.17) is 4.74 Å². The summed E-state index contributed by atoms with van der Waals surface area (Å²) in [5, 5.41) is 0. The van der Waals surface area contributed by atoms with E-state index in [0.29, 0.717) is 18.8 Å². The zero-order valence-electron chi connectivity index (χ0n) is 9.79. The molecule has 0 aliphatic carbocycles. The Hall–Kier alpha value is -0.810. The summed E-state index contributed by atoms with van der Waals surface area (Å²) in [6.45, 7) is 5.13. The molecule has 1 heterocycles. The number of carbonyl (C=O) groups is 1. The summed E-state index contributed by atoms with van der Waals surface area (Å²) in [7, 11) is 1.63. The first-order valence-corrected chi connectivity index (χ1v) is 5.99. The summed E-state index contributed by atoms with van der Waals surface area (Å²) in [5.74, 6) is -0.00208. The zero-order chi connectivity index (χ0) is 12.1. The van der Waals surface area contributed by atoms with Crippen LogP contribution in [-0.4, -0.2) is 42.1 Å². The van der Waals surface area contributed by atoms with Crippen molar-refractivity contribution in [2.45, 2.75) is 19.9 Å². The molecule has 0 saturated carbocycles. The van der Waals surface area contributed by atoms with Gasteiger partial charge in [0, 0.05) is 30.4 Å². The molecule has 0 aliphatic heterocycles. The lowest BCUT2D eigenvalue weighted by Gasteiger charge is -2.25. The highest BCUT2D eigenvalue weighted by atomic mass is 79.9. The minimum Gasteiger partial charge on any atom is -0.383 e. The normalized spacial score (nSPS) is 10.8. The van der Waals surface area contributed by atoms with Gasteiger partial charge in [-0.3, -0.25) is 4.79 Å². The van der Waals surface area contributed by atoms with Gasteiger partial charge in [-0.15, -0.1) is 0 Å². The highest BCUT2D eigenvalue weighted by molar-refractivity contribution is 9.10. The average molecular weight is 289 g/mol. The van der Waals surface area contributed by atoms with Crippen LogP contribution in [0.5, 0.6) is 0 Å². The molecule has 1 amide bonds. The van der Waals surface area contributed by atoms with Crippen LogP contribution >= 0.6 is 15.9 Å². The Balaban J connectivity index is 2.74. The van der Waals surface area contributed by atoms with Crippen LogP contribution in [0.4, 0.5) is 0 Å². The number of H-pyrrole nitrogens is 1. The van der Waals surface area contributed by atoms with Crippen LogP contribution in [0.25, 0.3) is 0 Å². The summed E-state index contributed by atoms with van der Waals surface area (Å²) in [5.41, 5.74) is 0.594. The summed E-state index contributed by atoms with van der Waals surface area (Å²) in [6, 6.07) is 1.94. The number of rotatable bonds is 5. The molecular formula is C11H17BrN2O2. The molecule has 0 saturated heterocycles. The Morgan fingerprint density at radius 1 is 1.62 bits per heavy atom. The maximum Gasteiger partial charge on any atom is 0.270 e. The third-order valence-corrected chi connectivity index (χ3v) is 2.76. The molecule has 0 unspecified atom stereocenters. The molecule has 0 spiro atoms. The Bertz CT molecular complexity index is 350. The van der Waals surface area contributed by atoms with E-state index in [2.05, 4.69) is 20.9 Å². The molecule has 90 valence electrons. The first-order valence-electron chi connectivity index (χ1n) is 5.20. The topological polar surface area (TPSA) is 45.3 Å². The molecule has 5 heteroatoms. The number of ether oxygens (including phenoxy) is 1. The molecular weight excluding hydrogens is 272 g/mol. The molecule has 1 N–H and O–H groups in total. The molecule has 1 aromatic rings. The van der Waals surface area contributed by atoms with Crippen LogP contribution in [0, 0.1) is 0 Å². The Morgan fingerprint density at radius 2 is 2.31 bits per heavy atom. The van der Waals surface area contributed by atoms with Gasteiger partial charge in [0.2, 0.25) is 0 Å². The quantitative estimate of drug-likeness (QED) is 0.903. The van der Waals surface area contributed by atoms with Crippen LogP contribution in [0.2, 0.25) is 0 Å². The van der Waals surface area contributed by atoms with Gasteiger partial charge in [-0.1, -0.05) is 0 Å². The van der Waals surface area contributed by atoms with Gasteiger partial charge in [-0.2, -0.15) is 0 Å². The van der Waals surface area contributed by atoms with Gasteiger partial charge in [0.25, 0.3) is 5.91 Å². The fraction of sp³-hybridized carbons (Fsp3) is 0.545. The highest BCUT2D eigenvalue weighted by Crippen LogP contribution is 2.13. The van der Waals surface area contributed by atoms with Gasteiger partial charge in [-0.25, -0.2) is 0 Å². The predicted octanol–water partition coefficient (Wildman–Crippen LogP) is 2.27. The van der Waals surface area contributed by atoms with Crippen molar-refractivity contribution in [3.8, 4) is 0 Å². The van der Waals surface area contributed by atoms with E-state index < -0.39 is 0 Å². The van der Waals surface area contributed by atoms with Gasteiger partial charge < -0.3 is 14.6 Å². The Morgan fingerprint density at radius 3 is 2.75 bits per heavy atom. The van der Waals surface area contributed by atoms with E-state index in [1.807, 2.05) is 13.8 Å². The largest absolute Gasteiger partial charge is 0.383 e. The fourth-order valence-corrected chi connectivity index (χ4v) is 1.77. The second kappa shape index (κ2) is 6.06.